The summed E-state index contributed by atoms with van der Waals surface area (Å²) >= 11 is 1.49. The molecular weight excluding hydrogens is 596 g/mol. The number of carbonyl (C=O) groups is 2. The Hall–Kier alpha value is -4.88. The van der Waals surface area contributed by atoms with Crippen LogP contribution in [0.5, 0.6) is 0 Å². The molecule has 0 fully saturated rings. The van der Waals surface area contributed by atoms with Gasteiger partial charge in [0.15, 0.2) is 0 Å². The number of benzene rings is 5. The zero-order valence-corrected chi connectivity index (χ0v) is 27.2. The lowest BCUT2D eigenvalue weighted by Crippen LogP contribution is -2.33. The number of nitrogens with zero attached hydrogens (tertiary/aromatic N) is 2. The highest BCUT2D eigenvalue weighted by molar-refractivity contribution is 8.00. The molecule has 0 spiro atoms. The van der Waals surface area contributed by atoms with Gasteiger partial charge in [-0.15, -0.1) is 0 Å². The molecule has 0 aliphatic heterocycles. The molecule has 5 aromatic carbocycles. The van der Waals surface area contributed by atoms with E-state index < -0.39 is 5.97 Å². The van der Waals surface area contributed by atoms with Crippen molar-refractivity contribution in [2.75, 3.05) is 22.3 Å². The smallest absolute Gasteiger partial charge is 0.323 e. The number of carboxylic acid groups (broad SMARTS) is 1. The highest BCUT2D eigenvalue weighted by atomic mass is 32.2. The fourth-order valence-corrected chi connectivity index (χ4v) is 6.46. The van der Waals surface area contributed by atoms with Crippen LogP contribution in [0.4, 0.5) is 15.8 Å². The Labute approximate surface area is 274 Å². The van der Waals surface area contributed by atoms with Crippen molar-refractivity contribution in [3.8, 4) is 0 Å². The number of aliphatic carboxylic acids is 1. The monoisotopic (exact) mass is 632 g/mol. The highest BCUT2D eigenvalue weighted by Gasteiger charge is 2.26. The Morgan fingerprint density at radius 1 is 0.826 bits per heavy atom. The predicted molar refractivity (Wildman–Crippen MR) is 189 cm³/mol. The van der Waals surface area contributed by atoms with Crippen LogP contribution in [0.1, 0.15) is 47.7 Å². The van der Waals surface area contributed by atoms with Gasteiger partial charge in [-0.3, -0.25) is 9.59 Å². The second-order valence-electron chi connectivity index (χ2n) is 11.5. The van der Waals surface area contributed by atoms with Gasteiger partial charge < -0.3 is 14.3 Å². The van der Waals surface area contributed by atoms with Crippen molar-refractivity contribution in [2.45, 2.75) is 38.6 Å². The highest BCUT2D eigenvalue weighted by Crippen LogP contribution is 2.44. The minimum Gasteiger partial charge on any atom is -0.480 e. The van der Waals surface area contributed by atoms with E-state index in [1.54, 1.807) is 19.1 Å². The summed E-state index contributed by atoms with van der Waals surface area (Å²) in [5, 5.41) is 11.9. The largest absolute Gasteiger partial charge is 0.480 e. The van der Waals surface area contributed by atoms with E-state index >= 15 is 0 Å². The molecule has 1 atom stereocenters. The Morgan fingerprint density at radius 2 is 1.43 bits per heavy atom. The van der Waals surface area contributed by atoms with E-state index in [9.17, 15) is 19.1 Å². The Bertz CT molecular complexity index is 1870. The lowest BCUT2D eigenvalue weighted by atomic mass is 9.97. The topological polar surface area (TPSA) is 60.9 Å². The van der Waals surface area contributed by atoms with Gasteiger partial charge in [0.05, 0.1) is 24.0 Å². The van der Waals surface area contributed by atoms with Gasteiger partial charge in [-0.25, -0.2) is 4.39 Å². The van der Waals surface area contributed by atoms with E-state index in [4.69, 9.17) is 0 Å². The lowest BCUT2D eigenvalue weighted by molar-refractivity contribution is -0.135. The second kappa shape index (κ2) is 14.5. The molecule has 5 aromatic rings. The van der Waals surface area contributed by atoms with Crippen molar-refractivity contribution in [1.29, 1.82) is 0 Å². The maximum atomic E-state index is 13.7. The van der Waals surface area contributed by atoms with Crippen molar-refractivity contribution in [1.82, 2.24) is 0 Å². The van der Waals surface area contributed by atoms with E-state index in [0.717, 1.165) is 54.9 Å². The molecule has 5 rings (SSSR count). The van der Waals surface area contributed by atoms with Gasteiger partial charge in [0.25, 0.3) is 0 Å². The van der Waals surface area contributed by atoms with Gasteiger partial charge in [0.1, 0.15) is 18.1 Å². The van der Waals surface area contributed by atoms with E-state index in [1.165, 1.54) is 24.1 Å². The van der Waals surface area contributed by atoms with E-state index in [2.05, 4.69) is 0 Å². The Morgan fingerprint density at radius 3 is 2.04 bits per heavy atom. The van der Waals surface area contributed by atoms with Crippen molar-refractivity contribution in [3.05, 3.63) is 137 Å². The number of fused-ring (bicyclic) bond motifs is 1. The molecule has 5 nitrogen and oxygen atoms in total. The fraction of sp³-hybridized carbons (Fsp3) is 0.179. The van der Waals surface area contributed by atoms with Crippen LogP contribution in [0.3, 0.4) is 0 Å². The summed E-state index contributed by atoms with van der Waals surface area (Å²) in [6.07, 6.45) is 3.84. The number of ketones is 1. The predicted octanol–water partition coefficient (Wildman–Crippen LogP) is 9.52. The second-order valence-corrected chi connectivity index (χ2v) is 12.6. The molecular formula is C39H37FN2O3S. The van der Waals surface area contributed by atoms with Gasteiger partial charge in [-0.05, 0) is 81.1 Å². The van der Waals surface area contributed by atoms with Crippen LogP contribution in [-0.2, 0) is 9.59 Å². The van der Waals surface area contributed by atoms with Crippen LogP contribution in [0.15, 0.2) is 108 Å². The third kappa shape index (κ3) is 7.85. The number of aryl methyl sites for hydroxylation is 2. The number of hydrogen-bond donors (Lipinski definition) is 1. The van der Waals surface area contributed by atoms with Crippen LogP contribution in [0.25, 0.3) is 22.9 Å². The number of Topliss-reactive ketones (excluding diaryl/α,β-unsaturated/α-hetero) is 1. The first-order chi connectivity index (χ1) is 22.1. The molecule has 0 aliphatic rings. The maximum Gasteiger partial charge on any atom is 0.323 e. The zero-order valence-electron chi connectivity index (χ0n) is 26.4. The summed E-state index contributed by atoms with van der Waals surface area (Å²) in [7, 11) is 0. The van der Waals surface area contributed by atoms with E-state index in [0.29, 0.717) is 0 Å². The van der Waals surface area contributed by atoms with Gasteiger partial charge in [-0.1, -0.05) is 96.1 Å². The average molecular weight is 633 g/mol. The minimum absolute atomic E-state index is 0.0108. The molecule has 0 radical (unpaired) electrons. The molecule has 0 aromatic heterocycles. The summed E-state index contributed by atoms with van der Waals surface area (Å²) < 4.78 is 15.7. The van der Waals surface area contributed by atoms with Crippen LogP contribution in [-0.4, -0.2) is 29.9 Å². The van der Waals surface area contributed by atoms with Crippen molar-refractivity contribution < 1.29 is 19.1 Å². The summed E-state index contributed by atoms with van der Waals surface area (Å²) in [6, 6.07) is 32.2. The lowest BCUT2D eigenvalue weighted by Gasteiger charge is -2.34. The number of hydrogen-bond acceptors (Lipinski definition) is 5. The van der Waals surface area contributed by atoms with Crippen LogP contribution in [0, 0.1) is 19.7 Å². The molecule has 1 unspecified atom stereocenters. The summed E-state index contributed by atoms with van der Waals surface area (Å²) in [5.41, 5.74) is 6.42. The third-order valence-electron chi connectivity index (χ3n) is 7.84. The summed E-state index contributed by atoms with van der Waals surface area (Å²) in [5.74, 6) is -1.26. The van der Waals surface area contributed by atoms with Gasteiger partial charge in [0, 0.05) is 21.2 Å². The van der Waals surface area contributed by atoms with Crippen LogP contribution >= 0.6 is 11.9 Å². The first-order valence-electron chi connectivity index (χ1n) is 15.1. The minimum atomic E-state index is -0.950. The summed E-state index contributed by atoms with van der Waals surface area (Å²) in [6.45, 7) is 7.59. The summed E-state index contributed by atoms with van der Waals surface area (Å²) in [4.78, 5) is 27.9. The molecule has 1 N–H and O–H groups in total. The maximum absolute atomic E-state index is 13.7. The molecule has 234 valence electrons. The molecule has 0 heterocycles. The third-order valence-corrected chi connectivity index (χ3v) is 8.87. The van der Waals surface area contributed by atoms with E-state index in [-0.39, 0.29) is 30.7 Å². The van der Waals surface area contributed by atoms with Crippen LogP contribution in [0.2, 0.25) is 0 Å². The molecule has 0 saturated heterocycles. The van der Waals surface area contributed by atoms with Gasteiger partial charge >= 0.3 is 5.97 Å². The van der Waals surface area contributed by atoms with Crippen molar-refractivity contribution in [2.24, 2.45) is 0 Å². The number of carbonyl (C=O) groups excluding carboxylic acids is 1. The fourth-order valence-electron chi connectivity index (χ4n) is 5.45. The first-order valence-corrected chi connectivity index (χ1v) is 15.9. The Kier molecular flexibility index (Phi) is 10.2. The SMILES string of the molecule is CC(=O)CN(Sc1ccc(C)cc1)c1cc(/C=C/c2ccc(F)cc2)c(N(CC(=O)O)C(C)c2ccc(C)cc2)c2ccccc12. The number of halogens is 1. The van der Waals surface area contributed by atoms with Gasteiger partial charge in [-0.2, -0.15) is 0 Å². The number of rotatable bonds is 12. The normalized spacial score (nSPS) is 11.9. The average Bonchev–Trinajstić information content (AvgIpc) is 3.03. The first kappa shape index (κ1) is 32.5. The quantitative estimate of drug-likeness (QED) is 0.109. The Balaban J connectivity index is 1.76. The van der Waals surface area contributed by atoms with Gasteiger partial charge in [0.2, 0.25) is 0 Å². The standard InChI is InChI=1S/C39H37FN2O3S/c1-26-9-16-31(17-10-26)29(4)41(25-38(44)45)39-32(18-13-30-14-19-33(40)20-15-30)23-37(35-7-5-6-8-36(35)39)42(24-28(3)43)46-34-21-11-27(2)12-22-34/h5-23,29H,24-25H2,1-4H3,(H,44,45)/b18-13+. The molecule has 0 aliphatic carbocycles. The molecule has 7 heteroatoms. The van der Waals surface area contributed by atoms with E-state index in [1.807, 2.05) is 121 Å². The molecule has 0 saturated carbocycles. The van der Waals surface area contributed by atoms with Crippen molar-refractivity contribution >= 4 is 58.0 Å². The number of carboxylic acids is 1. The zero-order chi connectivity index (χ0) is 32.8. The molecule has 46 heavy (non-hydrogen) atoms. The van der Waals surface area contributed by atoms with Crippen LogP contribution < -0.4 is 9.21 Å². The number of anilines is 2. The molecule has 0 bridgehead atoms. The van der Waals surface area contributed by atoms with Crippen molar-refractivity contribution in [3.63, 3.8) is 0 Å². The molecule has 0 amide bonds.